The summed E-state index contributed by atoms with van der Waals surface area (Å²) in [6.45, 7) is 0.648. The number of pyridine rings is 1. The van der Waals surface area contributed by atoms with Crippen LogP contribution in [0.25, 0.3) is 0 Å². The van der Waals surface area contributed by atoms with Gasteiger partial charge in [0.05, 0.1) is 5.02 Å². The predicted molar refractivity (Wildman–Crippen MR) is 75.3 cm³/mol. The Hall–Kier alpha value is -1.01. The van der Waals surface area contributed by atoms with Crippen LogP contribution in [0.2, 0.25) is 5.02 Å². The van der Waals surface area contributed by atoms with Crippen molar-refractivity contribution in [1.29, 1.82) is 0 Å². The molecule has 0 spiro atoms. The van der Waals surface area contributed by atoms with Crippen LogP contribution < -0.4 is 10.6 Å². The first kappa shape index (κ1) is 13.4. The Balaban J connectivity index is 2.14. The molecule has 1 aliphatic rings. The first-order valence-corrected chi connectivity index (χ1v) is 6.83. The maximum absolute atomic E-state index is 8.56. The molecule has 1 aromatic rings. The largest absolute Gasteiger partial charge is 0.409 e. The summed E-state index contributed by atoms with van der Waals surface area (Å²) >= 11 is 9.53. The molecule has 7 heteroatoms. The molecule has 1 aromatic heterocycles. The maximum atomic E-state index is 8.56. The van der Waals surface area contributed by atoms with E-state index < -0.39 is 0 Å². The van der Waals surface area contributed by atoms with E-state index in [0.717, 1.165) is 23.1 Å². The second kappa shape index (κ2) is 5.75. The van der Waals surface area contributed by atoms with Gasteiger partial charge < -0.3 is 15.8 Å². The van der Waals surface area contributed by atoms with E-state index in [0.29, 0.717) is 24.0 Å². The van der Waals surface area contributed by atoms with Crippen LogP contribution in [-0.2, 0) is 0 Å². The molecule has 1 aliphatic carbocycles. The average molecular weight is 334 g/mol. The lowest BCUT2D eigenvalue weighted by Crippen LogP contribution is -2.31. The van der Waals surface area contributed by atoms with E-state index in [-0.39, 0.29) is 5.84 Å². The number of rotatable bonds is 5. The molecule has 0 radical (unpaired) electrons. The van der Waals surface area contributed by atoms with E-state index in [2.05, 4.69) is 31.0 Å². The molecule has 1 saturated carbocycles. The van der Waals surface area contributed by atoms with Gasteiger partial charge in [0, 0.05) is 29.7 Å². The van der Waals surface area contributed by atoms with Crippen LogP contribution in [0.3, 0.4) is 0 Å². The first-order valence-electron chi connectivity index (χ1n) is 5.66. The van der Waals surface area contributed by atoms with E-state index in [1.165, 1.54) is 0 Å². The summed E-state index contributed by atoms with van der Waals surface area (Å²) in [6.07, 6.45) is 4.47. The van der Waals surface area contributed by atoms with E-state index >= 15 is 0 Å². The second-order valence-electron chi connectivity index (χ2n) is 4.22. The summed E-state index contributed by atoms with van der Waals surface area (Å²) in [5.41, 5.74) is 5.49. The molecule has 0 aliphatic heterocycles. The summed E-state index contributed by atoms with van der Waals surface area (Å²) in [4.78, 5) is 6.46. The van der Waals surface area contributed by atoms with Crippen LogP contribution in [0.4, 0.5) is 5.82 Å². The van der Waals surface area contributed by atoms with Gasteiger partial charge in [-0.15, -0.1) is 0 Å². The topological polar surface area (TPSA) is 74.7 Å². The van der Waals surface area contributed by atoms with Gasteiger partial charge in [-0.25, -0.2) is 4.98 Å². The quantitative estimate of drug-likeness (QED) is 0.376. The normalized spacial score (nSPS) is 15.8. The molecule has 3 N–H and O–H groups in total. The van der Waals surface area contributed by atoms with Crippen LogP contribution in [0.5, 0.6) is 0 Å². The fourth-order valence-electron chi connectivity index (χ4n) is 1.75. The molecule has 1 heterocycles. The Kier molecular flexibility index (Phi) is 4.29. The van der Waals surface area contributed by atoms with Crippen molar-refractivity contribution >= 4 is 39.2 Å². The summed E-state index contributed by atoms with van der Waals surface area (Å²) in [6, 6.07) is 2.28. The third-order valence-corrected chi connectivity index (χ3v) is 3.50. The molecule has 0 unspecified atom stereocenters. The third kappa shape index (κ3) is 3.26. The molecule has 0 atom stereocenters. The van der Waals surface area contributed by atoms with Crippen molar-refractivity contribution in [3.05, 3.63) is 21.8 Å². The van der Waals surface area contributed by atoms with E-state index in [1.807, 2.05) is 6.07 Å². The van der Waals surface area contributed by atoms with Crippen molar-refractivity contribution in [3.63, 3.8) is 0 Å². The summed E-state index contributed by atoms with van der Waals surface area (Å²) in [5, 5.41) is 12.1. The lowest BCUT2D eigenvalue weighted by Gasteiger charge is -2.24. The molecule has 98 valence electrons. The highest BCUT2D eigenvalue weighted by molar-refractivity contribution is 9.10. The monoisotopic (exact) mass is 332 g/mol. The van der Waals surface area contributed by atoms with Crippen molar-refractivity contribution in [2.75, 3.05) is 11.4 Å². The molecule has 0 bridgehead atoms. The standard InChI is InChI=1S/C11H14BrClN4O/c12-7-5-9(13)11(15-6-7)17(8-1-2-8)4-3-10(14)16-18/h5-6,8,18H,1-4H2,(H2,14,16). The van der Waals surface area contributed by atoms with Crippen molar-refractivity contribution in [1.82, 2.24) is 4.98 Å². The number of oxime groups is 1. The average Bonchev–Trinajstić information content (AvgIpc) is 3.15. The molecule has 2 rings (SSSR count). The zero-order chi connectivity index (χ0) is 13.1. The minimum Gasteiger partial charge on any atom is -0.409 e. The smallest absolute Gasteiger partial charge is 0.147 e. The van der Waals surface area contributed by atoms with Gasteiger partial charge in [-0.1, -0.05) is 16.8 Å². The predicted octanol–water partition coefficient (Wildman–Crippen LogP) is 2.60. The number of amidine groups is 1. The van der Waals surface area contributed by atoms with E-state index in [1.54, 1.807) is 6.20 Å². The second-order valence-corrected chi connectivity index (χ2v) is 5.55. The lowest BCUT2D eigenvalue weighted by atomic mass is 10.3. The summed E-state index contributed by atoms with van der Waals surface area (Å²) in [5.74, 6) is 0.974. The Morgan fingerprint density at radius 3 is 2.94 bits per heavy atom. The Morgan fingerprint density at radius 2 is 2.39 bits per heavy atom. The Morgan fingerprint density at radius 1 is 1.67 bits per heavy atom. The molecule has 0 saturated heterocycles. The van der Waals surface area contributed by atoms with Gasteiger partial charge in [0.15, 0.2) is 0 Å². The first-order chi connectivity index (χ1) is 8.61. The highest BCUT2D eigenvalue weighted by Crippen LogP contribution is 2.35. The zero-order valence-corrected chi connectivity index (χ0v) is 12.0. The Bertz CT molecular complexity index is 464. The number of anilines is 1. The van der Waals surface area contributed by atoms with Gasteiger partial charge in [0.25, 0.3) is 0 Å². The molecular formula is C11H14BrClN4O. The summed E-state index contributed by atoms with van der Waals surface area (Å²) < 4.78 is 0.850. The molecule has 0 amide bonds. The molecule has 5 nitrogen and oxygen atoms in total. The van der Waals surface area contributed by atoms with Crippen molar-refractivity contribution in [2.45, 2.75) is 25.3 Å². The number of aromatic nitrogens is 1. The zero-order valence-electron chi connectivity index (χ0n) is 9.68. The SMILES string of the molecule is NC(CCN(c1ncc(Br)cc1Cl)C1CC1)=NO. The molecular weight excluding hydrogens is 320 g/mol. The van der Waals surface area contributed by atoms with Gasteiger partial charge in [0.1, 0.15) is 11.7 Å². The fourth-order valence-corrected chi connectivity index (χ4v) is 2.49. The van der Waals surface area contributed by atoms with Gasteiger partial charge in [0.2, 0.25) is 0 Å². The van der Waals surface area contributed by atoms with Crippen LogP contribution in [0.1, 0.15) is 19.3 Å². The molecule has 18 heavy (non-hydrogen) atoms. The van der Waals surface area contributed by atoms with Crippen LogP contribution in [0.15, 0.2) is 21.9 Å². The highest BCUT2D eigenvalue weighted by atomic mass is 79.9. The number of hydrogen-bond donors (Lipinski definition) is 2. The van der Waals surface area contributed by atoms with Crippen LogP contribution in [0, 0.1) is 0 Å². The maximum Gasteiger partial charge on any atom is 0.147 e. The number of halogens is 2. The molecule has 1 fully saturated rings. The van der Waals surface area contributed by atoms with Crippen LogP contribution in [-0.4, -0.2) is 28.6 Å². The number of nitrogens with two attached hydrogens (primary N) is 1. The van der Waals surface area contributed by atoms with Crippen molar-refractivity contribution < 1.29 is 5.21 Å². The number of nitrogens with zero attached hydrogens (tertiary/aromatic N) is 3. The van der Waals surface area contributed by atoms with Gasteiger partial charge >= 0.3 is 0 Å². The summed E-state index contributed by atoms with van der Waals surface area (Å²) in [7, 11) is 0. The third-order valence-electron chi connectivity index (χ3n) is 2.79. The molecule has 0 aromatic carbocycles. The van der Waals surface area contributed by atoms with Crippen molar-refractivity contribution in [2.24, 2.45) is 10.9 Å². The van der Waals surface area contributed by atoms with E-state index in [9.17, 15) is 0 Å². The van der Waals surface area contributed by atoms with Gasteiger partial charge in [-0.2, -0.15) is 0 Å². The van der Waals surface area contributed by atoms with E-state index in [4.69, 9.17) is 22.5 Å². The van der Waals surface area contributed by atoms with Crippen molar-refractivity contribution in [3.8, 4) is 0 Å². The lowest BCUT2D eigenvalue weighted by molar-refractivity contribution is 0.317. The highest BCUT2D eigenvalue weighted by Gasteiger charge is 2.31. The minimum atomic E-state index is 0.217. The van der Waals surface area contributed by atoms with Gasteiger partial charge in [-0.05, 0) is 34.8 Å². The van der Waals surface area contributed by atoms with Gasteiger partial charge in [-0.3, -0.25) is 0 Å². The minimum absolute atomic E-state index is 0.217. The Labute approximate surface area is 119 Å². The number of hydrogen-bond acceptors (Lipinski definition) is 4. The fraction of sp³-hybridized carbons (Fsp3) is 0.455. The van der Waals surface area contributed by atoms with Crippen LogP contribution >= 0.6 is 27.5 Å².